The van der Waals surface area contributed by atoms with Crippen LogP contribution in [0.5, 0.6) is 5.88 Å². The van der Waals surface area contributed by atoms with E-state index in [-0.39, 0.29) is 6.10 Å². The molecule has 9 nitrogen and oxygen atoms in total. The molecule has 2 saturated heterocycles. The summed E-state index contributed by atoms with van der Waals surface area (Å²) in [6.07, 6.45) is 13.8. The summed E-state index contributed by atoms with van der Waals surface area (Å²) in [7, 11) is 0. The summed E-state index contributed by atoms with van der Waals surface area (Å²) in [5, 5.41) is 15.3. The summed E-state index contributed by atoms with van der Waals surface area (Å²) in [5.41, 5.74) is 5.05. The Bertz CT molecular complexity index is 1390. The lowest BCUT2D eigenvalue weighted by molar-refractivity contribution is 0.0236. The Morgan fingerprint density at radius 1 is 1.03 bits per heavy atom. The third-order valence-electron chi connectivity index (χ3n) is 7.07. The summed E-state index contributed by atoms with van der Waals surface area (Å²) < 4.78 is 13.4. The van der Waals surface area contributed by atoms with Gasteiger partial charge in [-0.05, 0) is 38.1 Å². The van der Waals surface area contributed by atoms with Crippen molar-refractivity contribution in [1.29, 1.82) is 5.26 Å². The molecule has 2 aliphatic rings. The number of nitriles is 1. The van der Waals surface area contributed by atoms with Crippen LogP contribution in [-0.2, 0) is 11.3 Å². The molecule has 0 aromatic carbocycles. The average molecular weight is 484 g/mol. The van der Waals surface area contributed by atoms with Crippen molar-refractivity contribution in [3.63, 3.8) is 0 Å². The van der Waals surface area contributed by atoms with Gasteiger partial charge < -0.3 is 19.4 Å². The maximum Gasteiger partial charge on any atom is 0.231 e. The zero-order valence-corrected chi connectivity index (χ0v) is 20.2. The lowest BCUT2D eigenvalue weighted by Gasteiger charge is -2.23. The van der Waals surface area contributed by atoms with Crippen molar-refractivity contribution in [3.8, 4) is 34.2 Å². The second kappa shape index (κ2) is 10.1. The number of aromatic amines is 1. The predicted octanol–water partition coefficient (Wildman–Crippen LogP) is 4.01. The van der Waals surface area contributed by atoms with Crippen LogP contribution in [0, 0.1) is 11.3 Å². The number of nitrogens with zero attached hydrogens (tertiary/aromatic N) is 6. The highest BCUT2D eigenvalue weighted by Gasteiger charge is 2.19. The summed E-state index contributed by atoms with van der Waals surface area (Å²) >= 11 is 0. The third-order valence-corrected chi connectivity index (χ3v) is 7.07. The molecule has 2 fully saturated rings. The van der Waals surface area contributed by atoms with Crippen LogP contribution < -0.4 is 4.74 Å². The fraction of sp³-hybridized carbons (Fsp3) is 0.407. The number of fused-ring (bicyclic) bond motifs is 1. The van der Waals surface area contributed by atoms with Gasteiger partial charge in [0.2, 0.25) is 5.88 Å². The van der Waals surface area contributed by atoms with Crippen LogP contribution >= 0.6 is 0 Å². The first kappa shape index (κ1) is 22.7. The van der Waals surface area contributed by atoms with Gasteiger partial charge in [-0.3, -0.25) is 4.68 Å². The number of aromatic nitrogens is 5. The predicted molar refractivity (Wildman–Crippen MR) is 135 cm³/mol. The van der Waals surface area contributed by atoms with Crippen LogP contribution in [0.15, 0.2) is 43.1 Å². The zero-order chi connectivity index (χ0) is 24.3. The number of likely N-dealkylation sites (tertiary alicyclic amines) is 1. The van der Waals surface area contributed by atoms with Gasteiger partial charge >= 0.3 is 0 Å². The smallest absolute Gasteiger partial charge is 0.231 e. The van der Waals surface area contributed by atoms with Gasteiger partial charge in [-0.2, -0.15) is 10.4 Å². The molecule has 1 N–H and O–H groups in total. The Morgan fingerprint density at radius 2 is 1.86 bits per heavy atom. The summed E-state index contributed by atoms with van der Waals surface area (Å²) in [6, 6.07) is 6.21. The Morgan fingerprint density at radius 3 is 2.69 bits per heavy atom. The maximum atomic E-state index is 9.76. The monoisotopic (exact) mass is 483 g/mol. The number of rotatable bonds is 7. The van der Waals surface area contributed by atoms with E-state index in [9.17, 15) is 5.26 Å². The van der Waals surface area contributed by atoms with Gasteiger partial charge in [-0.25, -0.2) is 9.97 Å². The second-order valence-corrected chi connectivity index (χ2v) is 9.48. The van der Waals surface area contributed by atoms with E-state index in [1.807, 2.05) is 29.3 Å². The van der Waals surface area contributed by atoms with Gasteiger partial charge in [-0.1, -0.05) is 0 Å². The summed E-state index contributed by atoms with van der Waals surface area (Å²) in [5.74, 6) is 0.383. The topological polar surface area (TPSA) is 105 Å². The molecule has 0 bridgehead atoms. The fourth-order valence-electron chi connectivity index (χ4n) is 5.01. The minimum Gasteiger partial charge on any atom is -0.473 e. The quantitative estimate of drug-likeness (QED) is 0.423. The molecular weight excluding hydrogens is 454 g/mol. The van der Waals surface area contributed by atoms with E-state index < -0.39 is 0 Å². The average Bonchev–Trinajstić information content (AvgIpc) is 3.69. The first-order chi connectivity index (χ1) is 17.8. The molecular formula is C27H29N7O2. The highest BCUT2D eigenvalue weighted by Crippen LogP contribution is 2.32. The van der Waals surface area contributed by atoms with Gasteiger partial charge in [0, 0.05) is 71.8 Å². The lowest BCUT2D eigenvalue weighted by atomic mass is 10.0. The number of hydrogen-bond acceptors (Lipinski definition) is 7. The van der Waals surface area contributed by atoms with Gasteiger partial charge in [-0.15, -0.1) is 0 Å². The van der Waals surface area contributed by atoms with E-state index in [1.165, 1.54) is 25.9 Å². The van der Waals surface area contributed by atoms with Crippen LogP contribution in [-0.4, -0.2) is 68.6 Å². The minimum absolute atomic E-state index is 0.0281. The van der Waals surface area contributed by atoms with Crippen LogP contribution in [0.1, 0.15) is 31.2 Å². The molecule has 0 unspecified atom stereocenters. The minimum atomic E-state index is 0.0281. The second-order valence-electron chi connectivity index (χ2n) is 9.48. The molecule has 4 aromatic rings. The van der Waals surface area contributed by atoms with E-state index in [0.29, 0.717) is 24.7 Å². The standard InChI is InChI=1S/C27H29N7O2/c28-13-19-11-21(15-31-27(19)36-23-3-9-35-10-4-23)25-17-30-26-24(25)12-20(14-29-26)22-16-32-34(18-22)8-7-33-5-1-2-6-33/h11-12,14-18,23H,1-10H2,(H,29,30). The Balaban J connectivity index is 1.24. The summed E-state index contributed by atoms with van der Waals surface area (Å²) in [4.78, 5) is 14.9. The molecule has 6 heterocycles. The van der Waals surface area contributed by atoms with E-state index in [1.54, 1.807) is 6.20 Å². The molecule has 0 aliphatic carbocycles. The van der Waals surface area contributed by atoms with Crippen molar-refractivity contribution in [1.82, 2.24) is 29.6 Å². The van der Waals surface area contributed by atoms with Gasteiger partial charge in [0.05, 0.1) is 26.0 Å². The largest absolute Gasteiger partial charge is 0.473 e. The normalized spacial score (nSPS) is 17.0. The first-order valence-corrected chi connectivity index (χ1v) is 12.6. The number of hydrogen-bond donors (Lipinski definition) is 1. The maximum absolute atomic E-state index is 9.76. The Labute approximate surface area is 209 Å². The zero-order valence-electron chi connectivity index (χ0n) is 20.2. The van der Waals surface area contributed by atoms with Crippen LogP contribution in [0.3, 0.4) is 0 Å². The van der Waals surface area contributed by atoms with E-state index in [2.05, 4.69) is 43.3 Å². The van der Waals surface area contributed by atoms with Gasteiger partial charge in [0.25, 0.3) is 0 Å². The molecule has 2 aliphatic heterocycles. The molecule has 36 heavy (non-hydrogen) atoms. The van der Waals surface area contributed by atoms with E-state index in [0.717, 1.165) is 59.2 Å². The number of nitrogens with one attached hydrogen (secondary N) is 1. The van der Waals surface area contributed by atoms with Gasteiger partial charge in [0.15, 0.2) is 0 Å². The number of pyridine rings is 2. The molecule has 0 spiro atoms. The molecule has 0 amide bonds. The highest BCUT2D eigenvalue weighted by atomic mass is 16.5. The van der Waals surface area contributed by atoms with Crippen molar-refractivity contribution < 1.29 is 9.47 Å². The van der Waals surface area contributed by atoms with Crippen molar-refractivity contribution in [2.24, 2.45) is 0 Å². The number of ether oxygens (including phenoxy) is 2. The molecule has 0 atom stereocenters. The SMILES string of the molecule is N#Cc1cc(-c2c[nH]c3ncc(-c4cnn(CCN5CCCC5)c4)cc23)cnc1OC1CCOCC1. The highest BCUT2D eigenvalue weighted by molar-refractivity contribution is 5.95. The van der Waals surface area contributed by atoms with E-state index >= 15 is 0 Å². The Hall–Kier alpha value is -3.74. The molecule has 4 aromatic heterocycles. The Kier molecular flexibility index (Phi) is 6.36. The molecule has 0 saturated carbocycles. The first-order valence-electron chi connectivity index (χ1n) is 12.6. The molecule has 184 valence electrons. The molecule has 6 rings (SSSR count). The fourth-order valence-corrected chi connectivity index (χ4v) is 5.01. The van der Waals surface area contributed by atoms with Crippen LogP contribution in [0.4, 0.5) is 0 Å². The van der Waals surface area contributed by atoms with Crippen molar-refractivity contribution >= 4 is 11.0 Å². The lowest BCUT2D eigenvalue weighted by Crippen LogP contribution is -2.26. The third kappa shape index (κ3) is 4.70. The van der Waals surface area contributed by atoms with Gasteiger partial charge in [0.1, 0.15) is 23.4 Å². The van der Waals surface area contributed by atoms with E-state index in [4.69, 9.17) is 9.47 Å². The molecule has 0 radical (unpaired) electrons. The van der Waals surface area contributed by atoms with Crippen LogP contribution in [0.25, 0.3) is 33.3 Å². The van der Waals surface area contributed by atoms with Crippen molar-refractivity contribution in [2.75, 3.05) is 32.8 Å². The van der Waals surface area contributed by atoms with Crippen molar-refractivity contribution in [2.45, 2.75) is 38.3 Å². The summed E-state index contributed by atoms with van der Waals surface area (Å²) in [6.45, 7) is 5.64. The number of H-pyrrole nitrogens is 1. The van der Waals surface area contributed by atoms with Crippen molar-refractivity contribution in [3.05, 3.63) is 48.7 Å². The molecule has 9 heteroatoms. The van der Waals surface area contributed by atoms with Crippen LogP contribution in [0.2, 0.25) is 0 Å².